The van der Waals surface area contributed by atoms with Crippen LogP contribution in [0.25, 0.3) is 0 Å². The van der Waals surface area contributed by atoms with Crippen LogP contribution >= 0.6 is 0 Å². The molecule has 0 fully saturated rings. The molecule has 0 bridgehead atoms. The van der Waals surface area contributed by atoms with Crippen LogP contribution in [0.1, 0.15) is 21.7 Å². The molecule has 22 heavy (non-hydrogen) atoms. The third kappa shape index (κ3) is 3.05. The largest absolute Gasteiger partial charge is 0.488 e. The van der Waals surface area contributed by atoms with E-state index >= 15 is 0 Å². The number of hydrogen-bond acceptors (Lipinski definition) is 5. The SMILES string of the molecule is Cc1cccc(C(=O)O)c1OCCn1c([N+](=O)[O-])cnc1C. The van der Waals surface area contributed by atoms with Crippen LogP contribution in [0.5, 0.6) is 5.75 Å². The number of para-hydroxylation sites is 1. The third-order valence-corrected chi connectivity index (χ3v) is 3.22. The number of imidazole rings is 1. The first-order valence-electron chi connectivity index (χ1n) is 6.54. The number of carbonyl (C=O) groups is 1. The van der Waals surface area contributed by atoms with Crippen LogP contribution in [0.4, 0.5) is 5.82 Å². The maximum absolute atomic E-state index is 11.2. The fourth-order valence-corrected chi connectivity index (χ4v) is 2.13. The van der Waals surface area contributed by atoms with E-state index in [1.807, 2.05) is 0 Å². The summed E-state index contributed by atoms with van der Waals surface area (Å²) in [6.07, 6.45) is 1.19. The molecule has 0 unspecified atom stereocenters. The van der Waals surface area contributed by atoms with Gasteiger partial charge in [0.2, 0.25) is 0 Å². The molecule has 0 radical (unpaired) electrons. The molecule has 8 nitrogen and oxygen atoms in total. The summed E-state index contributed by atoms with van der Waals surface area (Å²) in [6.45, 7) is 3.70. The lowest BCUT2D eigenvalue weighted by molar-refractivity contribution is -0.392. The van der Waals surface area contributed by atoms with Gasteiger partial charge in [-0.25, -0.2) is 14.3 Å². The van der Waals surface area contributed by atoms with Crippen LogP contribution < -0.4 is 4.74 Å². The molecule has 2 aromatic rings. The Bertz CT molecular complexity index is 723. The lowest BCUT2D eigenvalue weighted by Crippen LogP contribution is -2.13. The van der Waals surface area contributed by atoms with Crippen molar-refractivity contribution in [2.45, 2.75) is 20.4 Å². The molecule has 0 spiro atoms. The molecule has 0 saturated heterocycles. The van der Waals surface area contributed by atoms with E-state index in [2.05, 4.69) is 4.98 Å². The summed E-state index contributed by atoms with van der Waals surface area (Å²) in [5, 5.41) is 20.0. The highest BCUT2D eigenvalue weighted by Gasteiger charge is 2.18. The fourth-order valence-electron chi connectivity index (χ4n) is 2.13. The van der Waals surface area contributed by atoms with E-state index in [0.29, 0.717) is 11.4 Å². The molecule has 8 heteroatoms. The molecule has 0 aliphatic heterocycles. The van der Waals surface area contributed by atoms with Gasteiger partial charge < -0.3 is 20.0 Å². The second-order valence-electron chi connectivity index (χ2n) is 4.68. The number of ether oxygens (including phenoxy) is 1. The molecule has 116 valence electrons. The summed E-state index contributed by atoms with van der Waals surface area (Å²) in [5.74, 6) is -0.429. The van der Waals surface area contributed by atoms with Gasteiger partial charge in [-0.3, -0.25) is 0 Å². The van der Waals surface area contributed by atoms with Gasteiger partial charge in [0.25, 0.3) is 0 Å². The van der Waals surface area contributed by atoms with Gasteiger partial charge in [-0.2, -0.15) is 0 Å². The first-order valence-corrected chi connectivity index (χ1v) is 6.54. The van der Waals surface area contributed by atoms with E-state index in [4.69, 9.17) is 9.84 Å². The highest BCUT2D eigenvalue weighted by Crippen LogP contribution is 2.23. The minimum Gasteiger partial charge on any atom is -0.488 e. The normalized spacial score (nSPS) is 10.5. The average Bonchev–Trinajstić information content (AvgIpc) is 2.82. The van der Waals surface area contributed by atoms with Crippen LogP contribution in [0.2, 0.25) is 0 Å². The van der Waals surface area contributed by atoms with Crippen molar-refractivity contribution in [3.05, 3.63) is 51.5 Å². The standard InChI is InChI=1S/C14H15N3O5/c1-9-4-3-5-11(14(18)19)13(9)22-7-6-16-10(2)15-8-12(16)17(20)21/h3-5,8H,6-7H2,1-2H3,(H,18,19). The first kappa shape index (κ1) is 15.5. The summed E-state index contributed by atoms with van der Waals surface area (Å²) in [6, 6.07) is 4.83. The van der Waals surface area contributed by atoms with Crippen LogP contribution in [0, 0.1) is 24.0 Å². The van der Waals surface area contributed by atoms with E-state index in [-0.39, 0.29) is 30.3 Å². The number of carboxylic acid groups (broad SMARTS) is 1. The quantitative estimate of drug-likeness (QED) is 0.647. The van der Waals surface area contributed by atoms with E-state index < -0.39 is 10.9 Å². The zero-order valence-corrected chi connectivity index (χ0v) is 12.1. The third-order valence-electron chi connectivity index (χ3n) is 3.22. The number of carboxylic acids is 1. The van der Waals surface area contributed by atoms with Crippen molar-refractivity contribution >= 4 is 11.8 Å². The molecule has 2 rings (SSSR count). The minimum atomic E-state index is -1.08. The Morgan fingerprint density at radius 2 is 2.18 bits per heavy atom. The van der Waals surface area contributed by atoms with Gasteiger partial charge in [0, 0.05) is 6.92 Å². The van der Waals surface area contributed by atoms with Crippen molar-refractivity contribution in [2.24, 2.45) is 0 Å². The Hall–Kier alpha value is -2.90. The highest BCUT2D eigenvalue weighted by atomic mass is 16.6. The predicted octanol–water partition coefficient (Wildman–Crippen LogP) is 2.19. The predicted molar refractivity (Wildman–Crippen MR) is 77.3 cm³/mol. The number of aromatic nitrogens is 2. The van der Waals surface area contributed by atoms with Gasteiger partial charge in [0.05, 0.1) is 0 Å². The summed E-state index contributed by atoms with van der Waals surface area (Å²) in [5.41, 5.74) is 0.758. The summed E-state index contributed by atoms with van der Waals surface area (Å²) < 4.78 is 6.96. The van der Waals surface area contributed by atoms with Gasteiger partial charge in [-0.05, 0) is 23.5 Å². The van der Waals surface area contributed by atoms with Crippen LogP contribution in [-0.4, -0.2) is 32.2 Å². The lowest BCUT2D eigenvalue weighted by atomic mass is 10.1. The Balaban J connectivity index is 2.14. The minimum absolute atomic E-state index is 0.0665. The lowest BCUT2D eigenvalue weighted by Gasteiger charge is -2.11. The van der Waals surface area contributed by atoms with Gasteiger partial charge in [-0.15, -0.1) is 0 Å². The first-order chi connectivity index (χ1) is 10.4. The molecule has 0 amide bonds. The topological polar surface area (TPSA) is 107 Å². The zero-order valence-electron chi connectivity index (χ0n) is 12.1. The number of aryl methyl sites for hydroxylation is 2. The molecular weight excluding hydrogens is 290 g/mol. The van der Waals surface area contributed by atoms with Gasteiger partial charge in [0.15, 0.2) is 5.82 Å². The smallest absolute Gasteiger partial charge is 0.342 e. The maximum atomic E-state index is 11.2. The number of aromatic carboxylic acids is 1. The van der Waals surface area contributed by atoms with E-state index in [0.717, 1.165) is 0 Å². The van der Waals surface area contributed by atoms with Crippen molar-refractivity contribution in [1.29, 1.82) is 0 Å². The fraction of sp³-hybridized carbons (Fsp3) is 0.286. The van der Waals surface area contributed by atoms with Crippen molar-refractivity contribution in [3.63, 3.8) is 0 Å². The van der Waals surface area contributed by atoms with Crippen LogP contribution in [-0.2, 0) is 6.54 Å². The molecule has 1 N–H and O–H groups in total. The van der Waals surface area contributed by atoms with Crippen molar-refractivity contribution in [2.75, 3.05) is 6.61 Å². The van der Waals surface area contributed by atoms with Crippen molar-refractivity contribution in [1.82, 2.24) is 9.55 Å². The number of nitro groups is 1. The second kappa shape index (κ2) is 6.25. The van der Waals surface area contributed by atoms with Crippen molar-refractivity contribution < 1.29 is 19.6 Å². The van der Waals surface area contributed by atoms with Crippen LogP contribution in [0.3, 0.4) is 0 Å². The Kier molecular flexibility index (Phi) is 4.40. The molecule has 1 aromatic carbocycles. The number of rotatable bonds is 6. The number of benzene rings is 1. The molecular formula is C14H15N3O5. The average molecular weight is 305 g/mol. The zero-order chi connectivity index (χ0) is 16.3. The molecule has 0 atom stereocenters. The summed E-state index contributed by atoms with van der Waals surface area (Å²) >= 11 is 0. The van der Waals surface area contributed by atoms with Gasteiger partial charge in [-0.1, -0.05) is 12.1 Å². The molecule has 1 aromatic heterocycles. The van der Waals surface area contributed by atoms with Gasteiger partial charge >= 0.3 is 11.8 Å². The van der Waals surface area contributed by atoms with Crippen molar-refractivity contribution in [3.8, 4) is 5.75 Å². The Morgan fingerprint density at radius 1 is 1.45 bits per heavy atom. The Morgan fingerprint density at radius 3 is 2.82 bits per heavy atom. The van der Waals surface area contributed by atoms with Gasteiger partial charge in [0.1, 0.15) is 30.7 Å². The maximum Gasteiger partial charge on any atom is 0.342 e. The molecule has 0 aliphatic carbocycles. The Labute approximate surface area is 126 Å². The number of nitrogens with zero attached hydrogens (tertiary/aromatic N) is 3. The number of hydrogen-bond donors (Lipinski definition) is 1. The highest BCUT2D eigenvalue weighted by molar-refractivity contribution is 5.91. The summed E-state index contributed by atoms with van der Waals surface area (Å²) in [4.78, 5) is 25.5. The summed E-state index contributed by atoms with van der Waals surface area (Å²) in [7, 11) is 0. The molecule has 1 heterocycles. The van der Waals surface area contributed by atoms with E-state index in [1.54, 1.807) is 26.0 Å². The van der Waals surface area contributed by atoms with Crippen LogP contribution in [0.15, 0.2) is 24.4 Å². The molecule has 0 aliphatic rings. The second-order valence-corrected chi connectivity index (χ2v) is 4.68. The molecule has 0 saturated carbocycles. The van der Waals surface area contributed by atoms with E-state index in [9.17, 15) is 14.9 Å². The van der Waals surface area contributed by atoms with E-state index in [1.165, 1.54) is 16.8 Å². The monoisotopic (exact) mass is 305 g/mol.